The molecule has 0 saturated heterocycles. The normalized spacial score (nSPS) is 19.3. The lowest BCUT2D eigenvalue weighted by Crippen LogP contribution is -2.60. The van der Waals surface area contributed by atoms with E-state index in [9.17, 15) is 14.7 Å². The van der Waals surface area contributed by atoms with E-state index in [0.717, 1.165) is 23.9 Å². The zero-order valence-corrected chi connectivity index (χ0v) is 16.9. The summed E-state index contributed by atoms with van der Waals surface area (Å²) in [6.45, 7) is 10.6. The fourth-order valence-corrected chi connectivity index (χ4v) is 2.18. The van der Waals surface area contributed by atoms with Crippen LogP contribution >= 0.6 is 0 Å². The highest BCUT2D eigenvalue weighted by Gasteiger charge is 2.39. The zero-order chi connectivity index (χ0) is 20.7. The van der Waals surface area contributed by atoms with Crippen molar-refractivity contribution in [3.05, 3.63) is 11.8 Å². The lowest BCUT2D eigenvalue weighted by Gasteiger charge is -2.37. The van der Waals surface area contributed by atoms with Gasteiger partial charge in [0.25, 0.3) is 0 Å². The van der Waals surface area contributed by atoms with Crippen molar-refractivity contribution < 1.29 is 24.2 Å². The molecule has 0 spiro atoms. The molecule has 0 aromatic carbocycles. The largest absolute Gasteiger partial charge is 0.461 e. The number of amides is 1. The Morgan fingerprint density at radius 3 is 2.59 bits per heavy atom. The highest BCUT2D eigenvalue weighted by atomic mass is 16.6. The Bertz CT molecular complexity index is 682. The third-order valence-corrected chi connectivity index (χ3v) is 3.30. The standard InChI is InChI=1S/C19H29N3O5/c1-7-9-10-11-12-19(25)13-15(16(23)26-8-2)20-14(3)22(19)21-17(24)27-18(4,5)6/h13,25H,7-10H2,1-6H3,(H,21,24). The topological polar surface area (TPSA) is 100 Å². The second-order valence-corrected chi connectivity index (χ2v) is 6.99. The van der Waals surface area contributed by atoms with Crippen molar-refractivity contribution in [3.8, 4) is 11.8 Å². The van der Waals surface area contributed by atoms with Crippen molar-refractivity contribution in [1.29, 1.82) is 0 Å². The number of ether oxygens (including phenoxy) is 2. The monoisotopic (exact) mass is 379 g/mol. The number of hydrogen-bond acceptors (Lipinski definition) is 7. The van der Waals surface area contributed by atoms with Crippen molar-refractivity contribution in [3.63, 3.8) is 0 Å². The number of rotatable bonds is 5. The first-order valence-electron chi connectivity index (χ1n) is 9.00. The second kappa shape index (κ2) is 9.42. The average Bonchev–Trinajstić information content (AvgIpc) is 2.53. The van der Waals surface area contributed by atoms with Crippen molar-refractivity contribution in [2.75, 3.05) is 6.61 Å². The fraction of sp³-hybridized carbons (Fsp3) is 0.632. The van der Waals surface area contributed by atoms with Gasteiger partial charge in [0, 0.05) is 12.5 Å². The number of hydrazine groups is 1. The summed E-state index contributed by atoms with van der Waals surface area (Å²) in [5, 5.41) is 12.1. The third kappa shape index (κ3) is 6.94. The Labute approximate surface area is 160 Å². The van der Waals surface area contributed by atoms with Gasteiger partial charge in [-0.1, -0.05) is 19.3 Å². The predicted molar refractivity (Wildman–Crippen MR) is 101 cm³/mol. The summed E-state index contributed by atoms with van der Waals surface area (Å²) in [4.78, 5) is 28.3. The molecule has 0 bridgehead atoms. The molecule has 1 atom stereocenters. The molecule has 1 rings (SSSR count). The number of nitrogens with one attached hydrogen (secondary N) is 1. The highest BCUT2D eigenvalue weighted by Crippen LogP contribution is 2.22. The van der Waals surface area contributed by atoms with E-state index in [1.54, 1.807) is 27.7 Å². The highest BCUT2D eigenvalue weighted by molar-refractivity contribution is 5.95. The molecular formula is C19H29N3O5. The molecule has 0 saturated carbocycles. The number of hydrogen-bond donors (Lipinski definition) is 2. The maximum absolute atomic E-state index is 12.2. The van der Waals surface area contributed by atoms with Gasteiger partial charge in [-0.05, 0) is 47.0 Å². The first kappa shape index (κ1) is 22.5. The Balaban J connectivity index is 3.18. The van der Waals surface area contributed by atoms with Crippen LogP contribution in [0.1, 0.15) is 60.8 Å². The van der Waals surface area contributed by atoms with Crippen LogP contribution in [0.15, 0.2) is 16.8 Å². The molecule has 0 radical (unpaired) electrons. The van der Waals surface area contributed by atoms with Crippen LogP contribution in [0.4, 0.5) is 4.79 Å². The van der Waals surface area contributed by atoms with Gasteiger partial charge < -0.3 is 14.6 Å². The molecule has 0 aromatic rings. The van der Waals surface area contributed by atoms with Gasteiger partial charge in [-0.2, -0.15) is 0 Å². The molecule has 8 nitrogen and oxygen atoms in total. The summed E-state index contributed by atoms with van der Waals surface area (Å²) in [5.74, 6) is 5.07. The molecule has 27 heavy (non-hydrogen) atoms. The van der Waals surface area contributed by atoms with Crippen LogP contribution < -0.4 is 5.43 Å². The van der Waals surface area contributed by atoms with Crippen LogP contribution in [0, 0.1) is 11.8 Å². The minimum atomic E-state index is -1.96. The number of aliphatic hydroxyl groups is 1. The number of nitrogens with zero attached hydrogens (tertiary/aromatic N) is 2. The van der Waals surface area contributed by atoms with Gasteiger partial charge >= 0.3 is 12.1 Å². The molecule has 0 aliphatic carbocycles. The van der Waals surface area contributed by atoms with E-state index in [4.69, 9.17) is 9.47 Å². The maximum Gasteiger partial charge on any atom is 0.426 e. The molecule has 0 aromatic heterocycles. The van der Waals surface area contributed by atoms with Crippen LogP contribution in [-0.4, -0.2) is 45.9 Å². The Morgan fingerprint density at radius 1 is 1.37 bits per heavy atom. The number of unbranched alkanes of at least 4 members (excludes halogenated alkanes) is 2. The zero-order valence-electron chi connectivity index (χ0n) is 16.9. The van der Waals surface area contributed by atoms with Crippen molar-refractivity contribution >= 4 is 17.9 Å². The van der Waals surface area contributed by atoms with E-state index in [1.165, 1.54) is 6.92 Å². The molecular weight excluding hydrogens is 350 g/mol. The SMILES string of the molecule is CCCCC#CC1(O)C=C(C(=O)OCC)N=C(C)N1NC(=O)OC(C)(C)C. The molecule has 1 amide bonds. The summed E-state index contributed by atoms with van der Waals surface area (Å²) >= 11 is 0. The second-order valence-electron chi connectivity index (χ2n) is 6.99. The Hall–Kier alpha value is -2.53. The van der Waals surface area contributed by atoms with Crippen LogP contribution in [0.2, 0.25) is 0 Å². The first-order chi connectivity index (χ1) is 12.5. The van der Waals surface area contributed by atoms with Gasteiger partial charge in [-0.15, -0.1) is 0 Å². The van der Waals surface area contributed by atoms with E-state index in [-0.39, 0.29) is 18.1 Å². The van der Waals surface area contributed by atoms with Crippen LogP contribution in [0.5, 0.6) is 0 Å². The van der Waals surface area contributed by atoms with Crippen molar-refractivity contribution in [1.82, 2.24) is 10.4 Å². The summed E-state index contributed by atoms with van der Waals surface area (Å²) in [6.07, 6.45) is 2.77. The predicted octanol–water partition coefficient (Wildman–Crippen LogP) is 2.49. The smallest absolute Gasteiger partial charge is 0.426 e. The molecule has 2 N–H and O–H groups in total. The molecule has 1 aliphatic rings. The van der Waals surface area contributed by atoms with Crippen LogP contribution in [0.3, 0.4) is 0 Å². The summed E-state index contributed by atoms with van der Waals surface area (Å²) in [7, 11) is 0. The number of carbonyl (C=O) groups excluding carboxylic acids is 2. The van der Waals surface area contributed by atoms with E-state index >= 15 is 0 Å². The Kier molecular flexibility index (Phi) is 7.85. The van der Waals surface area contributed by atoms with Crippen molar-refractivity contribution in [2.24, 2.45) is 4.99 Å². The van der Waals surface area contributed by atoms with Gasteiger partial charge in [0.05, 0.1) is 6.61 Å². The van der Waals surface area contributed by atoms with Crippen LogP contribution in [0.25, 0.3) is 0 Å². The molecule has 1 unspecified atom stereocenters. The van der Waals surface area contributed by atoms with Gasteiger partial charge in [0.2, 0.25) is 5.72 Å². The molecule has 150 valence electrons. The molecule has 1 aliphatic heterocycles. The molecule has 0 fully saturated rings. The minimum absolute atomic E-state index is 0.0797. The fourth-order valence-electron chi connectivity index (χ4n) is 2.18. The first-order valence-corrected chi connectivity index (χ1v) is 9.00. The molecule has 1 heterocycles. The van der Waals surface area contributed by atoms with Crippen LogP contribution in [-0.2, 0) is 14.3 Å². The summed E-state index contributed by atoms with van der Waals surface area (Å²) in [5.41, 5.74) is -0.320. The van der Waals surface area contributed by atoms with E-state index in [1.807, 2.05) is 6.92 Å². The number of amidine groups is 1. The van der Waals surface area contributed by atoms with Gasteiger partial charge in [0.1, 0.15) is 11.4 Å². The average molecular weight is 379 g/mol. The lowest BCUT2D eigenvalue weighted by molar-refractivity contribution is -0.138. The number of aliphatic imine (C=N–C) groups is 1. The summed E-state index contributed by atoms with van der Waals surface area (Å²) in [6, 6.07) is 0. The quantitative estimate of drug-likeness (QED) is 0.432. The van der Waals surface area contributed by atoms with E-state index in [2.05, 4.69) is 22.3 Å². The number of carbonyl (C=O) groups is 2. The van der Waals surface area contributed by atoms with E-state index < -0.39 is 23.4 Å². The molecule has 8 heteroatoms. The van der Waals surface area contributed by atoms with Gasteiger partial charge in [0.15, 0.2) is 5.70 Å². The maximum atomic E-state index is 12.2. The third-order valence-electron chi connectivity index (χ3n) is 3.30. The van der Waals surface area contributed by atoms with Gasteiger partial charge in [-0.25, -0.2) is 25.0 Å². The van der Waals surface area contributed by atoms with Crippen molar-refractivity contribution in [2.45, 2.75) is 72.1 Å². The minimum Gasteiger partial charge on any atom is -0.461 e. The Morgan fingerprint density at radius 2 is 2.04 bits per heavy atom. The summed E-state index contributed by atoms with van der Waals surface area (Å²) < 4.78 is 10.2. The van der Waals surface area contributed by atoms with Gasteiger partial charge in [-0.3, -0.25) is 0 Å². The lowest BCUT2D eigenvalue weighted by atomic mass is 10.1. The van der Waals surface area contributed by atoms with E-state index in [0.29, 0.717) is 6.42 Å². The number of esters is 1.